The Hall–Kier alpha value is -5.18. The number of nitrogens with one attached hydrogen (secondary N) is 3. The number of hydrogen-bond acceptors (Lipinski definition) is 10. The van der Waals surface area contributed by atoms with Gasteiger partial charge in [0.15, 0.2) is 10.8 Å². The second-order valence-electron chi connectivity index (χ2n) is 18.6. The molecule has 4 aliphatic carbocycles. The summed E-state index contributed by atoms with van der Waals surface area (Å²) in [6, 6.07) is 17.3. The smallest absolute Gasteiger partial charge is 0.355 e. The van der Waals surface area contributed by atoms with E-state index in [9.17, 15) is 19.5 Å². The Morgan fingerprint density at radius 1 is 0.917 bits per heavy atom. The molecule has 14 heteroatoms. The summed E-state index contributed by atoms with van der Waals surface area (Å²) < 4.78 is 9.95. The van der Waals surface area contributed by atoms with Crippen molar-refractivity contribution in [2.24, 2.45) is 16.2 Å². The van der Waals surface area contributed by atoms with Crippen LogP contribution in [0.15, 0.2) is 60.8 Å². The molecular weight excluding hydrogens is 777 g/mol. The molecule has 4 bridgehead atoms. The third-order valence-electron chi connectivity index (χ3n) is 13.5. The minimum absolute atomic E-state index is 0.00533. The molecule has 2 aromatic carbocycles. The summed E-state index contributed by atoms with van der Waals surface area (Å²) in [4.78, 5) is 49.6. The van der Waals surface area contributed by atoms with Gasteiger partial charge in [-0.1, -0.05) is 49.4 Å². The number of anilines is 2. The summed E-state index contributed by atoms with van der Waals surface area (Å²) in [6.07, 6.45) is 9.44. The molecule has 13 nitrogen and oxygen atoms in total. The van der Waals surface area contributed by atoms with Gasteiger partial charge in [-0.25, -0.2) is 14.8 Å². The third-order valence-corrected chi connectivity index (χ3v) is 14.4. The predicted octanol–water partition coefficient (Wildman–Crippen LogP) is 7.24. The maximum atomic E-state index is 13.7. The number of aromatic nitrogens is 4. The zero-order chi connectivity index (χ0) is 41.9. The number of fused-ring (bicyclic) bond motifs is 2. The number of pyridine rings is 1. The van der Waals surface area contributed by atoms with Crippen LogP contribution in [0.2, 0.25) is 0 Å². The van der Waals surface area contributed by atoms with Crippen LogP contribution in [0.5, 0.6) is 0 Å². The van der Waals surface area contributed by atoms with Crippen molar-refractivity contribution in [2.75, 3.05) is 43.5 Å². The van der Waals surface area contributed by atoms with Gasteiger partial charge in [-0.15, -0.1) is 0 Å². The van der Waals surface area contributed by atoms with Gasteiger partial charge in [0.05, 0.1) is 28.6 Å². The molecule has 4 fully saturated rings. The lowest BCUT2D eigenvalue weighted by molar-refractivity contribution is -0.247. The molecule has 5 aliphatic rings. The van der Waals surface area contributed by atoms with Gasteiger partial charge in [-0.05, 0) is 110 Å². The molecule has 4 N–H and O–H groups in total. The quantitative estimate of drug-likeness (QED) is 0.0840. The van der Waals surface area contributed by atoms with Crippen LogP contribution in [-0.2, 0) is 29.0 Å². The highest BCUT2D eigenvalue weighted by Crippen LogP contribution is 2.72. The van der Waals surface area contributed by atoms with E-state index in [2.05, 4.69) is 50.4 Å². The Morgan fingerprint density at radius 3 is 2.48 bits per heavy atom. The highest BCUT2D eigenvalue weighted by Gasteiger charge is 2.66. The van der Waals surface area contributed by atoms with E-state index in [4.69, 9.17) is 14.8 Å². The molecule has 60 heavy (non-hydrogen) atoms. The average molecular weight is 831 g/mol. The molecule has 0 radical (unpaired) electrons. The number of thiazole rings is 1. The number of carboxylic acids is 1. The van der Waals surface area contributed by atoms with Crippen LogP contribution in [0.25, 0.3) is 21.3 Å². The lowest BCUT2D eigenvalue weighted by Crippen LogP contribution is -2.64. The third kappa shape index (κ3) is 7.69. The lowest BCUT2D eigenvalue weighted by atomic mass is 9.39. The Balaban J connectivity index is 0.921. The Bertz CT molecular complexity index is 2440. The number of benzene rings is 2. The van der Waals surface area contributed by atoms with E-state index in [0.29, 0.717) is 67.7 Å². The highest BCUT2D eigenvalue weighted by molar-refractivity contribution is 7.22. The van der Waals surface area contributed by atoms with Crippen LogP contribution in [0, 0.1) is 23.2 Å². The first-order valence-electron chi connectivity index (χ1n) is 21.1. The van der Waals surface area contributed by atoms with Gasteiger partial charge in [0.1, 0.15) is 5.82 Å². The molecule has 2 atom stereocenters. The summed E-state index contributed by atoms with van der Waals surface area (Å²) in [7, 11) is 1.66. The van der Waals surface area contributed by atoms with Gasteiger partial charge in [0.25, 0.3) is 5.91 Å². The molecule has 1 aliphatic heterocycles. The first-order chi connectivity index (χ1) is 28.8. The fourth-order valence-electron chi connectivity index (χ4n) is 12.2. The zero-order valence-electron chi connectivity index (χ0n) is 34.9. The van der Waals surface area contributed by atoms with Crippen LogP contribution < -0.4 is 20.9 Å². The number of aromatic carboxylic acids is 1. The van der Waals surface area contributed by atoms with Crippen LogP contribution in [0.1, 0.15) is 96.5 Å². The fraction of sp³-hybridized carbons (Fsp3) is 0.478. The molecule has 2 amide bonds. The van der Waals surface area contributed by atoms with Crippen molar-refractivity contribution in [1.29, 1.82) is 0 Å². The minimum Gasteiger partial charge on any atom is -0.476 e. The molecule has 10 rings (SSSR count). The average Bonchev–Trinajstić information content (AvgIpc) is 3.78. The number of nitrogens with zero attached hydrogens (tertiary/aromatic N) is 5. The Kier molecular flexibility index (Phi) is 10.3. The second kappa shape index (κ2) is 15.4. The van der Waals surface area contributed by atoms with Crippen molar-refractivity contribution in [2.45, 2.75) is 90.8 Å². The first-order valence-corrected chi connectivity index (χ1v) is 21.9. The Morgan fingerprint density at radius 2 is 1.72 bits per heavy atom. The number of ether oxygens (including phenoxy) is 1. The van der Waals surface area contributed by atoms with Crippen molar-refractivity contribution in [3.8, 4) is 11.1 Å². The van der Waals surface area contributed by atoms with E-state index < -0.39 is 5.97 Å². The zero-order valence-corrected chi connectivity index (χ0v) is 35.7. The first kappa shape index (κ1) is 40.2. The fourth-order valence-corrected chi connectivity index (χ4v) is 13.1. The van der Waals surface area contributed by atoms with Crippen molar-refractivity contribution in [1.82, 2.24) is 30.4 Å². The molecule has 314 valence electrons. The normalized spacial score (nSPS) is 25.4. The van der Waals surface area contributed by atoms with E-state index in [1.54, 1.807) is 13.2 Å². The number of carboxylic acid groups (broad SMARTS) is 1. The number of carbonyl (C=O) groups excluding carboxylic acids is 2. The number of para-hydroxylation sites is 1. The van der Waals surface area contributed by atoms with Gasteiger partial charge in [-0.3, -0.25) is 19.6 Å². The standard InChI is InChI=1S/C46H54N8O5S/c1-29-33(20-49-54(29)28-45-23-43(2)22-44(3,24-45)26-46(25-43,27-45)59-19-17-48-16-14-38(55)47-4)31-12-13-37(51-39(31)41(57)58)53-18-15-30-8-7-9-32(34(30)21-53)40(56)52-42-50-35-10-5-6-11-36(35)60-42/h5-13,20,48H,14-19,21-28H2,1-4H3,(H,47,55)(H,57,58)(H,50,52,56). The molecular formula is C46H54N8O5S. The summed E-state index contributed by atoms with van der Waals surface area (Å²) in [5, 5.41) is 25.1. The molecule has 4 heterocycles. The van der Waals surface area contributed by atoms with Crippen molar-refractivity contribution < 1.29 is 24.2 Å². The van der Waals surface area contributed by atoms with E-state index in [1.165, 1.54) is 17.8 Å². The molecule has 4 saturated carbocycles. The maximum absolute atomic E-state index is 13.7. The summed E-state index contributed by atoms with van der Waals surface area (Å²) in [5.74, 6) is -0.745. The van der Waals surface area contributed by atoms with Crippen LogP contribution in [0.3, 0.4) is 0 Å². The SMILES string of the molecule is CNC(=O)CCNCCOC12CC3(C)CC(C)(CC(Cn4ncc(-c5ccc(N6CCc7cccc(C(=O)Nc8nc9ccccc9s8)c7C6)nc5C(=O)O)c4C)(C3)C1)C2. The maximum Gasteiger partial charge on any atom is 0.355 e. The topological polar surface area (TPSA) is 164 Å². The number of rotatable bonds is 14. The van der Waals surface area contributed by atoms with Gasteiger partial charge in [0.2, 0.25) is 5.91 Å². The second-order valence-corrected chi connectivity index (χ2v) is 19.6. The van der Waals surface area contributed by atoms with Crippen LogP contribution >= 0.6 is 11.3 Å². The van der Waals surface area contributed by atoms with Crippen molar-refractivity contribution >= 4 is 50.3 Å². The Labute approximate surface area is 354 Å². The van der Waals surface area contributed by atoms with Crippen molar-refractivity contribution in [3.05, 3.63) is 88.9 Å². The van der Waals surface area contributed by atoms with E-state index >= 15 is 0 Å². The van der Waals surface area contributed by atoms with Crippen LogP contribution in [0.4, 0.5) is 10.9 Å². The van der Waals surface area contributed by atoms with E-state index in [0.717, 1.165) is 71.2 Å². The summed E-state index contributed by atoms with van der Waals surface area (Å²) in [5.41, 5.74) is 5.76. The van der Waals surface area contributed by atoms with Crippen molar-refractivity contribution in [3.63, 3.8) is 0 Å². The highest BCUT2D eigenvalue weighted by atomic mass is 32.1. The number of amides is 2. The van der Waals surface area contributed by atoms with Gasteiger partial charge >= 0.3 is 5.97 Å². The van der Waals surface area contributed by atoms with Gasteiger partial charge in [0, 0.05) is 68.6 Å². The summed E-state index contributed by atoms with van der Waals surface area (Å²) >= 11 is 1.44. The molecule has 0 spiro atoms. The predicted molar refractivity (Wildman–Crippen MR) is 233 cm³/mol. The summed E-state index contributed by atoms with van der Waals surface area (Å²) in [6.45, 7) is 10.6. The number of carbonyl (C=O) groups is 3. The van der Waals surface area contributed by atoms with E-state index in [1.807, 2.05) is 55.5 Å². The molecule has 2 unspecified atom stereocenters. The minimum atomic E-state index is -1.10. The molecule has 3 aromatic heterocycles. The monoisotopic (exact) mass is 830 g/mol. The largest absolute Gasteiger partial charge is 0.476 e. The van der Waals surface area contributed by atoms with E-state index in [-0.39, 0.29) is 39.4 Å². The molecule has 0 saturated heterocycles. The van der Waals surface area contributed by atoms with Crippen LogP contribution in [-0.4, -0.2) is 81.5 Å². The molecule has 5 aromatic rings. The van der Waals surface area contributed by atoms with Gasteiger partial charge in [-0.2, -0.15) is 5.10 Å². The number of hydrogen-bond donors (Lipinski definition) is 4. The van der Waals surface area contributed by atoms with Gasteiger partial charge < -0.3 is 25.4 Å². The lowest BCUT2D eigenvalue weighted by Gasteiger charge is -2.69.